The highest BCUT2D eigenvalue weighted by molar-refractivity contribution is 5.69. The zero-order chi connectivity index (χ0) is 19.9. The van der Waals surface area contributed by atoms with E-state index in [0.717, 1.165) is 36.7 Å². The number of rotatable bonds is 8. The van der Waals surface area contributed by atoms with Crippen molar-refractivity contribution in [3.8, 4) is 0 Å². The van der Waals surface area contributed by atoms with Gasteiger partial charge in [0.1, 0.15) is 5.82 Å². The van der Waals surface area contributed by atoms with Gasteiger partial charge < -0.3 is 14.7 Å². The Morgan fingerprint density at radius 1 is 1.25 bits per heavy atom. The number of morpholine rings is 1. The van der Waals surface area contributed by atoms with Gasteiger partial charge in [-0.3, -0.25) is 14.6 Å². The van der Waals surface area contributed by atoms with E-state index in [1.807, 2.05) is 44.6 Å². The van der Waals surface area contributed by atoms with E-state index in [1.165, 1.54) is 0 Å². The summed E-state index contributed by atoms with van der Waals surface area (Å²) in [4.78, 5) is 21.6. The smallest absolute Gasteiger partial charge is 0.317 e. The van der Waals surface area contributed by atoms with Gasteiger partial charge in [0.15, 0.2) is 0 Å². The Hall–Kier alpha value is -2.48. The number of pyridine rings is 1. The number of carboxylic acids is 1. The molecule has 1 fully saturated rings. The van der Waals surface area contributed by atoms with E-state index in [4.69, 9.17) is 9.84 Å². The number of aromatic nitrogens is 1. The molecule has 1 aromatic carbocycles. The number of benzene rings is 1. The van der Waals surface area contributed by atoms with Crippen LogP contribution in [-0.2, 0) is 16.1 Å². The molecule has 1 atom stereocenters. The molecule has 7 heteroatoms. The number of hydrogen-bond donors (Lipinski definition) is 1. The van der Waals surface area contributed by atoms with E-state index in [2.05, 4.69) is 33.0 Å². The topological polar surface area (TPSA) is 69.1 Å². The molecule has 0 saturated carbocycles. The minimum atomic E-state index is -0.818. The maximum atomic E-state index is 10.8. The average Bonchev–Trinajstić information content (AvgIpc) is 2.68. The van der Waals surface area contributed by atoms with Gasteiger partial charge in [-0.05, 0) is 30.8 Å². The third-order valence-corrected chi connectivity index (χ3v) is 4.85. The summed E-state index contributed by atoms with van der Waals surface area (Å²) in [6, 6.07) is 14.3. The van der Waals surface area contributed by atoms with Crippen LogP contribution in [0.5, 0.6) is 0 Å². The molecule has 7 nitrogen and oxygen atoms in total. The van der Waals surface area contributed by atoms with Crippen LogP contribution < -0.4 is 4.90 Å². The van der Waals surface area contributed by atoms with E-state index in [1.54, 1.807) is 4.90 Å². The van der Waals surface area contributed by atoms with Gasteiger partial charge in [-0.25, -0.2) is 4.98 Å². The van der Waals surface area contributed by atoms with Gasteiger partial charge in [0.05, 0.1) is 19.3 Å². The monoisotopic (exact) mass is 384 g/mol. The standard InChI is InChI=1S/C21H28N4O3/c1-23(16-21(26)27)14-19-15-25(10-11-28-19)13-17-8-9-20(22-12-17)24(2)18-6-4-3-5-7-18/h3-9,12,19H,10-11,13-16H2,1-2H3,(H,26,27). The number of nitrogens with zero attached hydrogens (tertiary/aromatic N) is 4. The maximum absolute atomic E-state index is 10.8. The average molecular weight is 384 g/mol. The lowest BCUT2D eigenvalue weighted by molar-refractivity contribution is -0.138. The fraction of sp³-hybridized carbons (Fsp3) is 0.429. The molecule has 0 aliphatic carbocycles. The number of anilines is 2. The van der Waals surface area contributed by atoms with Crippen LogP contribution in [0.2, 0.25) is 0 Å². The molecule has 1 saturated heterocycles. The third kappa shape index (κ3) is 5.76. The Balaban J connectivity index is 1.54. The van der Waals surface area contributed by atoms with Gasteiger partial charge >= 0.3 is 5.97 Å². The fourth-order valence-corrected chi connectivity index (χ4v) is 3.43. The summed E-state index contributed by atoms with van der Waals surface area (Å²) in [7, 11) is 3.82. The lowest BCUT2D eigenvalue weighted by Crippen LogP contribution is -2.47. The van der Waals surface area contributed by atoms with Gasteiger partial charge in [0.25, 0.3) is 0 Å². The molecule has 0 amide bonds. The van der Waals surface area contributed by atoms with Crippen LogP contribution in [0.25, 0.3) is 0 Å². The number of hydrogen-bond acceptors (Lipinski definition) is 6. The van der Waals surface area contributed by atoms with Crippen molar-refractivity contribution in [1.82, 2.24) is 14.8 Å². The normalized spacial score (nSPS) is 17.6. The fourth-order valence-electron chi connectivity index (χ4n) is 3.43. The minimum Gasteiger partial charge on any atom is -0.480 e. The van der Waals surface area contributed by atoms with Gasteiger partial charge in [0, 0.05) is 45.1 Å². The molecule has 1 aliphatic heterocycles. The van der Waals surface area contributed by atoms with Crippen molar-refractivity contribution < 1.29 is 14.6 Å². The molecular weight excluding hydrogens is 356 g/mol. The summed E-state index contributed by atoms with van der Waals surface area (Å²) in [6.07, 6.45) is 1.95. The van der Waals surface area contributed by atoms with Crippen LogP contribution in [0.4, 0.5) is 11.5 Å². The largest absolute Gasteiger partial charge is 0.480 e. The van der Waals surface area contributed by atoms with Crippen molar-refractivity contribution in [2.24, 2.45) is 0 Å². The highest BCUT2D eigenvalue weighted by Gasteiger charge is 2.22. The van der Waals surface area contributed by atoms with Crippen LogP contribution in [0.3, 0.4) is 0 Å². The molecule has 3 rings (SSSR count). The number of carboxylic acid groups (broad SMARTS) is 1. The molecule has 28 heavy (non-hydrogen) atoms. The predicted molar refractivity (Wildman–Crippen MR) is 109 cm³/mol. The number of likely N-dealkylation sites (N-methyl/N-ethyl adjacent to an activating group) is 1. The van der Waals surface area contributed by atoms with E-state index in [-0.39, 0.29) is 12.6 Å². The maximum Gasteiger partial charge on any atom is 0.317 e. The first-order valence-corrected chi connectivity index (χ1v) is 9.49. The third-order valence-electron chi connectivity index (χ3n) is 4.85. The molecular formula is C21H28N4O3. The minimum absolute atomic E-state index is 0.0227. The molecule has 0 spiro atoms. The molecule has 1 unspecified atom stereocenters. The number of aliphatic carboxylic acids is 1. The van der Waals surface area contributed by atoms with Crippen LogP contribution in [0.1, 0.15) is 5.56 Å². The predicted octanol–water partition coefficient (Wildman–Crippen LogP) is 2.07. The molecule has 1 aliphatic rings. The van der Waals surface area contributed by atoms with Gasteiger partial charge in [-0.15, -0.1) is 0 Å². The van der Waals surface area contributed by atoms with Crippen molar-refractivity contribution >= 4 is 17.5 Å². The Morgan fingerprint density at radius 3 is 2.71 bits per heavy atom. The number of carbonyl (C=O) groups is 1. The molecule has 1 N–H and O–H groups in total. The summed E-state index contributed by atoms with van der Waals surface area (Å²) >= 11 is 0. The van der Waals surface area contributed by atoms with Crippen LogP contribution in [0.15, 0.2) is 48.7 Å². The summed E-state index contributed by atoms with van der Waals surface area (Å²) in [6.45, 7) is 3.77. The molecule has 2 aromatic rings. The summed E-state index contributed by atoms with van der Waals surface area (Å²) < 4.78 is 5.80. The van der Waals surface area contributed by atoms with E-state index in [0.29, 0.717) is 13.2 Å². The molecule has 0 bridgehead atoms. The zero-order valence-electron chi connectivity index (χ0n) is 16.5. The van der Waals surface area contributed by atoms with Gasteiger partial charge in [-0.2, -0.15) is 0 Å². The summed E-state index contributed by atoms with van der Waals surface area (Å²) in [5.41, 5.74) is 2.26. The van der Waals surface area contributed by atoms with Crippen LogP contribution >= 0.6 is 0 Å². The summed E-state index contributed by atoms with van der Waals surface area (Å²) in [5.74, 6) is 0.0897. The number of para-hydroxylation sites is 1. The van der Waals surface area contributed by atoms with E-state index >= 15 is 0 Å². The Bertz CT molecular complexity index is 754. The van der Waals surface area contributed by atoms with Crippen molar-refractivity contribution in [1.29, 1.82) is 0 Å². The Morgan fingerprint density at radius 2 is 2.04 bits per heavy atom. The highest BCUT2D eigenvalue weighted by Crippen LogP contribution is 2.21. The Labute approximate surface area is 166 Å². The second-order valence-corrected chi connectivity index (χ2v) is 7.24. The SMILES string of the molecule is CN(CC(=O)O)CC1CN(Cc2ccc(N(C)c3ccccc3)nc2)CCO1. The van der Waals surface area contributed by atoms with Gasteiger partial charge in [-0.1, -0.05) is 24.3 Å². The van der Waals surface area contributed by atoms with E-state index < -0.39 is 5.97 Å². The Kier molecular flexibility index (Phi) is 6.97. The van der Waals surface area contributed by atoms with E-state index in [9.17, 15) is 4.79 Å². The van der Waals surface area contributed by atoms with Crippen LogP contribution in [-0.4, -0.2) is 78.8 Å². The molecule has 2 heterocycles. The van der Waals surface area contributed by atoms with Gasteiger partial charge in [0.2, 0.25) is 0 Å². The highest BCUT2D eigenvalue weighted by atomic mass is 16.5. The number of ether oxygens (including phenoxy) is 1. The second kappa shape index (κ2) is 9.64. The quantitative estimate of drug-likeness (QED) is 0.747. The first-order valence-electron chi connectivity index (χ1n) is 9.49. The summed E-state index contributed by atoms with van der Waals surface area (Å²) in [5, 5.41) is 8.89. The van der Waals surface area contributed by atoms with Crippen molar-refractivity contribution in [2.75, 3.05) is 51.8 Å². The van der Waals surface area contributed by atoms with Crippen molar-refractivity contribution in [3.05, 3.63) is 54.2 Å². The molecule has 0 radical (unpaired) electrons. The zero-order valence-corrected chi connectivity index (χ0v) is 16.5. The van der Waals surface area contributed by atoms with Crippen molar-refractivity contribution in [3.63, 3.8) is 0 Å². The second-order valence-electron chi connectivity index (χ2n) is 7.24. The molecule has 1 aromatic heterocycles. The lowest BCUT2D eigenvalue weighted by atomic mass is 10.2. The first-order chi connectivity index (χ1) is 13.5. The first kappa shape index (κ1) is 20.3. The van der Waals surface area contributed by atoms with Crippen LogP contribution in [0, 0.1) is 0 Å². The lowest BCUT2D eigenvalue weighted by Gasteiger charge is -2.34. The van der Waals surface area contributed by atoms with Crippen molar-refractivity contribution in [2.45, 2.75) is 12.6 Å². The molecule has 150 valence electrons.